The van der Waals surface area contributed by atoms with Crippen LogP contribution in [0.5, 0.6) is 0 Å². The molecule has 2 nitrogen and oxygen atoms in total. The number of rotatable bonds is 4. The molecule has 3 aromatic rings. The van der Waals surface area contributed by atoms with Gasteiger partial charge in [0.05, 0.1) is 7.11 Å². The van der Waals surface area contributed by atoms with E-state index in [0.717, 1.165) is 21.9 Å². The van der Waals surface area contributed by atoms with E-state index in [9.17, 15) is 4.79 Å². The van der Waals surface area contributed by atoms with Gasteiger partial charge in [0.1, 0.15) is 0 Å². The summed E-state index contributed by atoms with van der Waals surface area (Å²) in [5, 5.41) is 2.29. The molecule has 0 fully saturated rings. The fourth-order valence-electron chi connectivity index (χ4n) is 2.80. The second-order valence-corrected chi connectivity index (χ2v) is 5.89. The predicted octanol–water partition coefficient (Wildman–Crippen LogP) is 4.95. The molecule has 0 amide bonds. The van der Waals surface area contributed by atoms with Crippen LogP contribution in [0.2, 0.25) is 0 Å². The van der Waals surface area contributed by atoms with E-state index in [1.807, 2.05) is 30.3 Å². The molecule has 0 aliphatic carbocycles. The van der Waals surface area contributed by atoms with Crippen LogP contribution in [-0.4, -0.2) is 13.1 Å². The number of esters is 1. The second-order valence-electron chi connectivity index (χ2n) is 5.89. The lowest BCUT2D eigenvalue weighted by Gasteiger charge is -2.08. The Kier molecular flexibility index (Phi) is 4.76. The monoisotopic (exact) mass is 316 g/mol. The molecule has 0 saturated heterocycles. The summed E-state index contributed by atoms with van der Waals surface area (Å²) in [5.74, 6) is -0.288. The van der Waals surface area contributed by atoms with Gasteiger partial charge in [-0.05, 0) is 34.9 Å². The summed E-state index contributed by atoms with van der Waals surface area (Å²) < 4.78 is 4.99. The Balaban J connectivity index is 2.02. The van der Waals surface area contributed by atoms with Crippen molar-refractivity contribution >= 4 is 22.8 Å². The average Bonchev–Trinajstić information content (AvgIpc) is 2.62. The number of methoxy groups -OCH3 is 1. The van der Waals surface area contributed by atoms with E-state index in [0.29, 0.717) is 12.0 Å². The van der Waals surface area contributed by atoms with Crippen molar-refractivity contribution in [2.45, 2.75) is 13.3 Å². The van der Waals surface area contributed by atoms with Gasteiger partial charge in [-0.3, -0.25) is 0 Å². The third-order valence-corrected chi connectivity index (χ3v) is 4.12. The van der Waals surface area contributed by atoms with Crippen LogP contribution in [0.4, 0.5) is 0 Å². The summed E-state index contributed by atoms with van der Waals surface area (Å²) in [6, 6.07) is 22.5. The first-order chi connectivity index (χ1) is 11.7. The van der Waals surface area contributed by atoms with E-state index < -0.39 is 0 Å². The maximum Gasteiger partial charge on any atom is 0.334 e. The minimum Gasteiger partial charge on any atom is -0.466 e. The van der Waals surface area contributed by atoms with E-state index in [4.69, 9.17) is 4.74 Å². The molecule has 0 aliphatic rings. The number of hydrogen-bond donors (Lipinski definition) is 0. The van der Waals surface area contributed by atoms with Crippen molar-refractivity contribution < 1.29 is 9.53 Å². The Morgan fingerprint density at radius 1 is 0.958 bits per heavy atom. The van der Waals surface area contributed by atoms with Gasteiger partial charge in [-0.2, -0.15) is 0 Å². The molecule has 0 spiro atoms. The molecule has 24 heavy (non-hydrogen) atoms. The number of hydrogen-bond acceptors (Lipinski definition) is 2. The lowest BCUT2D eigenvalue weighted by Crippen LogP contribution is -2.07. The molecule has 2 heteroatoms. The first-order valence-corrected chi connectivity index (χ1v) is 7.99. The second kappa shape index (κ2) is 7.14. The van der Waals surface area contributed by atoms with Crippen molar-refractivity contribution in [2.75, 3.05) is 7.11 Å². The minimum atomic E-state index is -0.288. The third kappa shape index (κ3) is 3.54. The largest absolute Gasteiger partial charge is 0.466 e. The maximum atomic E-state index is 12.2. The number of fused-ring (bicyclic) bond motifs is 1. The Bertz CT molecular complexity index is 884. The summed E-state index contributed by atoms with van der Waals surface area (Å²) in [4.78, 5) is 12.2. The normalized spacial score (nSPS) is 11.5. The highest BCUT2D eigenvalue weighted by Gasteiger charge is 2.11. The van der Waals surface area contributed by atoms with Gasteiger partial charge in [-0.25, -0.2) is 4.79 Å². The Morgan fingerprint density at radius 2 is 1.67 bits per heavy atom. The Labute approximate surface area is 142 Å². The first kappa shape index (κ1) is 16.0. The third-order valence-electron chi connectivity index (χ3n) is 4.12. The summed E-state index contributed by atoms with van der Waals surface area (Å²) in [6.07, 6.45) is 2.49. The zero-order valence-electron chi connectivity index (χ0n) is 14.0. The van der Waals surface area contributed by atoms with E-state index in [2.05, 4.69) is 49.4 Å². The minimum absolute atomic E-state index is 0.288. The van der Waals surface area contributed by atoms with Gasteiger partial charge < -0.3 is 4.74 Å². The summed E-state index contributed by atoms with van der Waals surface area (Å²) in [6.45, 7) is 2.05. The molecule has 0 radical (unpaired) electrons. The van der Waals surface area contributed by atoms with Crippen LogP contribution >= 0.6 is 0 Å². The van der Waals surface area contributed by atoms with Crippen LogP contribution in [-0.2, 0) is 16.0 Å². The molecule has 0 bridgehead atoms. The van der Waals surface area contributed by atoms with Crippen LogP contribution < -0.4 is 0 Å². The predicted molar refractivity (Wildman–Crippen MR) is 98.8 cm³/mol. The van der Waals surface area contributed by atoms with Crippen molar-refractivity contribution in [1.82, 2.24) is 0 Å². The van der Waals surface area contributed by atoms with Crippen molar-refractivity contribution in [3.8, 4) is 0 Å². The van der Waals surface area contributed by atoms with Crippen molar-refractivity contribution in [1.29, 1.82) is 0 Å². The van der Waals surface area contributed by atoms with E-state index in [1.54, 1.807) is 0 Å². The van der Waals surface area contributed by atoms with Gasteiger partial charge in [-0.1, -0.05) is 72.3 Å². The van der Waals surface area contributed by atoms with Crippen LogP contribution in [0, 0.1) is 6.92 Å². The van der Waals surface area contributed by atoms with Gasteiger partial charge in [0, 0.05) is 12.0 Å². The lowest BCUT2D eigenvalue weighted by molar-refractivity contribution is -0.136. The lowest BCUT2D eigenvalue weighted by atomic mass is 9.98. The molecule has 0 unspecified atom stereocenters. The first-order valence-electron chi connectivity index (χ1n) is 7.99. The highest BCUT2D eigenvalue weighted by molar-refractivity contribution is 5.98. The quantitative estimate of drug-likeness (QED) is 0.503. The molecule has 0 atom stereocenters. The number of ether oxygens (including phenoxy) is 1. The molecule has 3 rings (SSSR count). The zero-order valence-corrected chi connectivity index (χ0v) is 14.0. The summed E-state index contributed by atoms with van der Waals surface area (Å²) in [5.41, 5.74) is 3.98. The fourth-order valence-corrected chi connectivity index (χ4v) is 2.80. The van der Waals surface area contributed by atoms with Crippen molar-refractivity contribution in [3.63, 3.8) is 0 Å². The molecule has 3 aromatic carbocycles. The fraction of sp³-hybridized carbons (Fsp3) is 0.136. The molecular weight excluding hydrogens is 296 g/mol. The van der Waals surface area contributed by atoms with E-state index in [-0.39, 0.29) is 5.97 Å². The van der Waals surface area contributed by atoms with Crippen LogP contribution in [0.15, 0.2) is 72.3 Å². The summed E-state index contributed by atoms with van der Waals surface area (Å²) >= 11 is 0. The number of aryl methyl sites for hydroxylation is 1. The van der Waals surface area contributed by atoms with Crippen molar-refractivity contribution in [3.05, 3.63) is 89.0 Å². The average molecular weight is 316 g/mol. The molecule has 0 aromatic heterocycles. The highest BCUT2D eigenvalue weighted by Crippen LogP contribution is 2.22. The SMILES string of the molecule is COC(=O)/C(=C/c1cccc2ccccc12)Cc1ccc(C)cc1. The molecule has 0 heterocycles. The molecule has 0 N–H and O–H groups in total. The van der Waals surface area contributed by atoms with Gasteiger partial charge in [0.15, 0.2) is 0 Å². The van der Waals surface area contributed by atoms with E-state index in [1.165, 1.54) is 12.7 Å². The van der Waals surface area contributed by atoms with Crippen LogP contribution in [0.25, 0.3) is 16.8 Å². The van der Waals surface area contributed by atoms with Gasteiger partial charge >= 0.3 is 5.97 Å². The molecule has 0 saturated carbocycles. The van der Waals surface area contributed by atoms with Crippen LogP contribution in [0.1, 0.15) is 16.7 Å². The standard InChI is InChI=1S/C22H20O2/c1-16-10-12-17(13-11-16)14-20(22(23)24-2)15-19-8-5-7-18-6-3-4-9-21(18)19/h3-13,15H,14H2,1-2H3/b20-15+. The van der Waals surface area contributed by atoms with Crippen LogP contribution in [0.3, 0.4) is 0 Å². The van der Waals surface area contributed by atoms with Gasteiger partial charge in [0.25, 0.3) is 0 Å². The Morgan fingerprint density at radius 3 is 2.42 bits per heavy atom. The Hall–Kier alpha value is -2.87. The number of carbonyl (C=O) groups is 1. The smallest absolute Gasteiger partial charge is 0.334 e. The molecule has 120 valence electrons. The van der Waals surface area contributed by atoms with Gasteiger partial charge in [0.2, 0.25) is 0 Å². The van der Waals surface area contributed by atoms with E-state index >= 15 is 0 Å². The topological polar surface area (TPSA) is 26.3 Å². The number of carbonyl (C=O) groups excluding carboxylic acids is 1. The molecular formula is C22H20O2. The van der Waals surface area contributed by atoms with Crippen molar-refractivity contribution in [2.24, 2.45) is 0 Å². The summed E-state index contributed by atoms with van der Waals surface area (Å²) in [7, 11) is 1.43. The van der Waals surface area contributed by atoms with Gasteiger partial charge in [-0.15, -0.1) is 0 Å². The number of benzene rings is 3. The zero-order chi connectivity index (χ0) is 16.9. The maximum absolute atomic E-state index is 12.2. The highest BCUT2D eigenvalue weighted by atomic mass is 16.5. The molecule has 0 aliphatic heterocycles.